The highest BCUT2D eigenvalue weighted by molar-refractivity contribution is 7.14. The third kappa shape index (κ3) is 4.50. The molecule has 0 aliphatic rings. The molecule has 0 saturated heterocycles. The first kappa shape index (κ1) is 18.2. The maximum Gasteiger partial charge on any atom is 0.252 e. The van der Waals surface area contributed by atoms with E-state index < -0.39 is 11.6 Å². The van der Waals surface area contributed by atoms with Gasteiger partial charge in [0.15, 0.2) is 16.8 Å². The monoisotopic (exact) mass is 393 g/mol. The number of anilines is 1. The number of thiazole rings is 1. The Hall–Kier alpha value is -2.65. The number of thiophene rings is 1. The van der Waals surface area contributed by atoms with Crippen LogP contribution in [0.5, 0.6) is 0 Å². The standard InChI is InChI=1S/C17H13F2N3O2S2/c18-12-2-1-10(7-13(12)19)14-9-26-17(21-14)22-15(23)3-5-20-16(24)11-4-6-25-8-11/h1-2,4,6-9H,3,5H2,(H,20,24)(H,21,22,23). The summed E-state index contributed by atoms with van der Waals surface area (Å²) in [6, 6.07) is 5.20. The third-order valence-electron chi connectivity index (χ3n) is 3.39. The first-order chi connectivity index (χ1) is 12.5. The number of nitrogens with one attached hydrogen (secondary N) is 2. The highest BCUT2D eigenvalue weighted by Gasteiger charge is 2.11. The maximum atomic E-state index is 13.3. The zero-order chi connectivity index (χ0) is 18.5. The van der Waals surface area contributed by atoms with Gasteiger partial charge in [-0.1, -0.05) is 0 Å². The van der Waals surface area contributed by atoms with Crippen LogP contribution >= 0.6 is 22.7 Å². The van der Waals surface area contributed by atoms with Crippen LogP contribution < -0.4 is 10.6 Å². The number of rotatable bonds is 6. The maximum absolute atomic E-state index is 13.3. The van der Waals surface area contributed by atoms with E-state index in [-0.39, 0.29) is 24.8 Å². The van der Waals surface area contributed by atoms with Crippen molar-refractivity contribution in [3.8, 4) is 11.3 Å². The molecule has 5 nitrogen and oxygen atoms in total. The van der Waals surface area contributed by atoms with E-state index >= 15 is 0 Å². The van der Waals surface area contributed by atoms with Crippen molar-refractivity contribution in [2.75, 3.05) is 11.9 Å². The van der Waals surface area contributed by atoms with Crippen LogP contribution in [-0.2, 0) is 4.79 Å². The highest BCUT2D eigenvalue weighted by Crippen LogP contribution is 2.26. The van der Waals surface area contributed by atoms with E-state index in [1.165, 1.54) is 28.7 Å². The molecule has 0 bridgehead atoms. The van der Waals surface area contributed by atoms with E-state index in [0.717, 1.165) is 12.1 Å². The van der Waals surface area contributed by atoms with Crippen molar-refractivity contribution in [2.45, 2.75) is 6.42 Å². The molecule has 0 fully saturated rings. The number of nitrogens with zero attached hydrogens (tertiary/aromatic N) is 1. The van der Waals surface area contributed by atoms with E-state index in [0.29, 0.717) is 22.0 Å². The molecule has 134 valence electrons. The van der Waals surface area contributed by atoms with Crippen LogP contribution in [0.15, 0.2) is 40.4 Å². The molecule has 26 heavy (non-hydrogen) atoms. The van der Waals surface area contributed by atoms with Gasteiger partial charge in [-0.05, 0) is 29.6 Å². The lowest BCUT2D eigenvalue weighted by Crippen LogP contribution is -2.27. The van der Waals surface area contributed by atoms with Gasteiger partial charge in [-0.15, -0.1) is 11.3 Å². The van der Waals surface area contributed by atoms with Crippen LogP contribution in [0.2, 0.25) is 0 Å². The predicted octanol–water partition coefficient (Wildman–Crippen LogP) is 3.91. The molecule has 0 atom stereocenters. The summed E-state index contributed by atoms with van der Waals surface area (Å²) in [5, 5.41) is 10.8. The minimum atomic E-state index is -0.956. The molecule has 1 aromatic carbocycles. The summed E-state index contributed by atoms with van der Waals surface area (Å²) in [5.74, 6) is -2.42. The number of aromatic nitrogens is 1. The lowest BCUT2D eigenvalue weighted by molar-refractivity contribution is -0.116. The molecule has 2 amide bonds. The van der Waals surface area contributed by atoms with Crippen molar-refractivity contribution in [3.05, 3.63) is 57.6 Å². The molecule has 3 rings (SSSR count). The SMILES string of the molecule is O=C(CCNC(=O)c1ccsc1)Nc1nc(-c2ccc(F)c(F)c2)cs1. The van der Waals surface area contributed by atoms with Crippen molar-refractivity contribution in [2.24, 2.45) is 0 Å². The van der Waals surface area contributed by atoms with E-state index in [9.17, 15) is 18.4 Å². The lowest BCUT2D eigenvalue weighted by atomic mass is 10.2. The summed E-state index contributed by atoms with van der Waals surface area (Å²) < 4.78 is 26.3. The van der Waals surface area contributed by atoms with E-state index in [2.05, 4.69) is 15.6 Å². The molecule has 3 aromatic rings. The number of benzene rings is 1. The largest absolute Gasteiger partial charge is 0.351 e. The Kier molecular flexibility index (Phi) is 5.69. The zero-order valence-corrected chi connectivity index (χ0v) is 14.9. The summed E-state index contributed by atoms with van der Waals surface area (Å²) in [5.41, 5.74) is 1.42. The molecule has 0 radical (unpaired) electrons. The quantitative estimate of drug-likeness (QED) is 0.667. The summed E-state index contributed by atoms with van der Waals surface area (Å²) in [6.45, 7) is 0.196. The van der Waals surface area contributed by atoms with Crippen molar-refractivity contribution < 1.29 is 18.4 Å². The second kappa shape index (κ2) is 8.15. The van der Waals surface area contributed by atoms with Gasteiger partial charge in [-0.3, -0.25) is 9.59 Å². The number of hydrogen-bond donors (Lipinski definition) is 2. The van der Waals surface area contributed by atoms with Gasteiger partial charge in [0.1, 0.15) is 0 Å². The molecule has 0 aliphatic heterocycles. The Bertz CT molecular complexity index is 926. The molecule has 2 aromatic heterocycles. The van der Waals surface area contributed by atoms with Gasteiger partial charge >= 0.3 is 0 Å². The molecular weight excluding hydrogens is 380 g/mol. The number of carbonyl (C=O) groups is 2. The fourth-order valence-corrected chi connectivity index (χ4v) is 3.46. The van der Waals surface area contributed by atoms with Crippen LogP contribution in [0.1, 0.15) is 16.8 Å². The van der Waals surface area contributed by atoms with Crippen molar-refractivity contribution >= 4 is 39.6 Å². The fourth-order valence-electron chi connectivity index (χ4n) is 2.09. The van der Waals surface area contributed by atoms with Crippen LogP contribution in [-0.4, -0.2) is 23.3 Å². The molecular formula is C17H13F2N3O2S2. The number of amides is 2. The molecule has 0 aliphatic carbocycles. The van der Waals surface area contributed by atoms with Gasteiger partial charge < -0.3 is 10.6 Å². The molecule has 0 spiro atoms. The lowest BCUT2D eigenvalue weighted by Gasteiger charge is -2.04. The zero-order valence-electron chi connectivity index (χ0n) is 13.3. The van der Waals surface area contributed by atoms with Gasteiger partial charge in [0.25, 0.3) is 5.91 Å². The Morgan fingerprint density at radius 3 is 2.69 bits per heavy atom. The van der Waals surface area contributed by atoms with Gasteiger partial charge in [-0.25, -0.2) is 13.8 Å². The molecule has 2 heterocycles. The summed E-state index contributed by atoms with van der Waals surface area (Å²) in [6.07, 6.45) is 0.0932. The minimum absolute atomic E-state index is 0.0932. The van der Waals surface area contributed by atoms with Crippen LogP contribution in [0.25, 0.3) is 11.3 Å². The van der Waals surface area contributed by atoms with E-state index in [1.807, 2.05) is 0 Å². The Labute approximate surface area is 155 Å². The molecule has 0 unspecified atom stereocenters. The van der Waals surface area contributed by atoms with Gasteiger partial charge in [0, 0.05) is 34.9 Å². The smallest absolute Gasteiger partial charge is 0.252 e. The van der Waals surface area contributed by atoms with Crippen LogP contribution in [0, 0.1) is 11.6 Å². The normalized spacial score (nSPS) is 10.5. The average molecular weight is 393 g/mol. The highest BCUT2D eigenvalue weighted by atomic mass is 32.1. The number of carbonyl (C=O) groups excluding carboxylic acids is 2. The first-order valence-corrected chi connectivity index (χ1v) is 9.36. The topological polar surface area (TPSA) is 71.1 Å². The average Bonchev–Trinajstić information content (AvgIpc) is 3.29. The Balaban J connectivity index is 1.51. The number of halogens is 2. The van der Waals surface area contributed by atoms with Gasteiger partial charge in [-0.2, -0.15) is 11.3 Å². The summed E-state index contributed by atoms with van der Waals surface area (Å²) in [4.78, 5) is 27.9. The van der Waals surface area contributed by atoms with Crippen molar-refractivity contribution in [3.63, 3.8) is 0 Å². The predicted molar refractivity (Wildman–Crippen MR) is 97.4 cm³/mol. The van der Waals surface area contributed by atoms with Crippen molar-refractivity contribution in [1.82, 2.24) is 10.3 Å². The Morgan fingerprint density at radius 2 is 1.96 bits per heavy atom. The number of hydrogen-bond acceptors (Lipinski definition) is 5. The molecule has 9 heteroatoms. The van der Waals surface area contributed by atoms with E-state index in [4.69, 9.17) is 0 Å². The third-order valence-corrected chi connectivity index (χ3v) is 4.83. The molecule has 0 saturated carbocycles. The Morgan fingerprint density at radius 1 is 1.12 bits per heavy atom. The summed E-state index contributed by atoms with van der Waals surface area (Å²) in [7, 11) is 0. The van der Waals surface area contributed by atoms with Gasteiger partial charge in [0.2, 0.25) is 5.91 Å². The van der Waals surface area contributed by atoms with Crippen LogP contribution in [0.3, 0.4) is 0 Å². The second-order valence-electron chi connectivity index (χ2n) is 5.23. The molecule has 2 N–H and O–H groups in total. The fraction of sp³-hybridized carbons (Fsp3) is 0.118. The minimum Gasteiger partial charge on any atom is -0.351 e. The van der Waals surface area contributed by atoms with Crippen LogP contribution in [0.4, 0.5) is 13.9 Å². The summed E-state index contributed by atoms with van der Waals surface area (Å²) >= 11 is 2.60. The second-order valence-corrected chi connectivity index (χ2v) is 6.87. The van der Waals surface area contributed by atoms with Crippen molar-refractivity contribution in [1.29, 1.82) is 0 Å². The van der Waals surface area contributed by atoms with Gasteiger partial charge in [0.05, 0.1) is 5.69 Å². The van der Waals surface area contributed by atoms with E-state index in [1.54, 1.807) is 22.2 Å². The first-order valence-electron chi connectivity index (χ1n) is 7.54.